The molecule has 4 nitrogen and oxygen atoms in total. The van der Waals surface area contributed by atoms with Crippen molar-refractivity contribution in [2.75, 3.05) is 11.9 Å². The van der Waals surface area contributed by atoms with Crippen molar-refractivity contribution in [1.29, 1.82) is 0 Å². The number of rotatable bonds is 3. The molecule has 2 aromatic rings. The van der Waals surface area contributed by atoms with Crippen LogP contribution in [0, 0.1) is 18.8 Å². The monoisotopic (exact) mass is 280 g/mol. The Labute approximate surface area is 123 Å². The van der Waals surface area contributed by atoms with E-state index in [1.54, 1.807) is 36.7 Å². The summed E-state index contributed by atoms with van der Waals surface area (Å²) in [5, 5.41) is 11.6. The molecule has 0 aliphatic carbocycles. The van der Waals surface area contributed by atoms with Gasteiger partial charge in [-0.05, 0) is 36.8 Å². The van der Waals surface area contributed by atoms with Crippen LogP contribution < -0.4 is 5.32 Å². The third-order valence-electron chi connectivity index (χ3n) is 2.86. The van der Waals surface area contributed by atoms with E-state index >= 15 is 0 Å². The first-order valence-electron chi connectivity index (χ1n) is 6.62. The summed E-state index contributed by atoms with van der Waals surface area (Å²) in [6.07, 6.45) is 3.76. The van der Waals surface area contributed by atoms with Gasteiger partial charge in [0.2, 0.25) is 0 Å². The number of aliphatic hydroxyl groups is 1. The lowest BCUT2D eigenvalue weighted by molar-refractivity contribution is 0.102. The molecule has 0 aliphatic rings. The zero-order chi connectivity index (χ0) is 15.1. The van der Waals surface area contributed by atoms with Crippen LogP contribution in [-0.2, 0) is 0 Å². The van der Waals surface area contributed by atoms with E-state index in [-0.39, 0.29) is 12.5 Å². The number of aliphatic hydroxyl groups excluding tert-OH is 1. The third-order valence-corrected chi connectivity index (χ3v) is 2.86. The van der Waals surface area contributed by atoms with E-state index in [2.05, 4.69) is 22.1 Å². The highest BCUT2D eigenvalue weighted by Gasteiger charge is 2.07. The fourth-order valence-electron chi connectivity index (χ4n) is 1.77. The number of aromatic nitrogens is 1. The Morgan fingerprint density at radius 2 is 2.24 bits per heavy atom. The van der Waals surface area contributed by atoms with Gasteiger partial charge in [0.05, 0.1) is 6.61 Å². The fourth-order valence-corrected chi connectivity index (χ4v) is 1.77. The van der Waals surface area contributed by atoms with Gasteiger partial charge in [-0.1, -0.05) is 17.9 Å². The first kappa shape index (κ1) is 14.8. The molecule has 0 aliphatic heterocycles. The number of pyridine rings is 1. The van der Waals surface area contributed by atoms with Crippen molar-refractivity contribution in [2.45, 2.75) is 13.3 Å². The highest BCUT2D eigenvalue weighted by atomic mass is 16.2. The van der Waals surface area contributed by atoms with Crippen molar-refractivity contribution in [3.8, 4) is 11.8 Å². The van der Waals surface area contributed by atoms with Gasteiger partial charge < -0.3 is 10.4 Å². The molecule has 0 fully saturated rings. The van der Waals surface area contributed by atoms with E-state index < -0.39 is 0 Å². The average molecular weight is 280 g/mol. The molecule has 2 rings (SSSR count). The number of hydrogen-bond donors (Lipinski definition) is 2. The van der Waals surface area contributed by atoms with Crippen molar-refractivity contribution in [3.05, 3.63) is 59.4 Å². The zero-order valence-corrected chi connectivity index (χ0v) is 11.8. The normalized spacial score (nSPS) is 9.62. The number of aryl methyl sites for hydroxylation is 1. The molecule has 0 saturated carbocycles. The van der Waals surface area contributed by atoms with Crippen LogP contribution in [0.4, 0.5) is 5.69 Å². The minimum absolute atomic E-state index is 0.0362. The van der Waals surface area contributed by atoms with Crippen LogP contribution in [0.3, 0.4) is 0 Å². The summed E-state index contributed by atoms with van der Waals surface area (Å²) in [5.74, 6) is 5.57. The van der Waals surface area contributed by atoms with Crippen LogP contribution in [0.5, 0.6) is 0 Å². The predicted molar refractivity (Wildman–Crippen MR) is 82.0 cm³/mol. The Hall–Kier alpha value is -2.64. The van der Waals surface area contributed by atoms with E-state index in [0.29, 0.717) is 12.0 Å². The molecule has 1 amide bonds. The number of nitrogens with zero attached hydrogens (tertiary/aromatic N) is 1. The standard InChI is InChI=1S/C17H16N2O2/c1-13-12-18-9-8-16(13)19-17(21)15-7-4-6-14(11-15)5-2-3-10-20/h4,6-9,11-12,20H,3,10H2,1H3,(H,18,19,21). The van der Waals surface area contributed by atoms with Crippen LogP contribution in [0.1, 0.15) is 27.9 Å². The van der Waals surface area contributed by atoms with Gasteiger partial charge in [-0.15, -0.1) is 0 Å². The molecular formula is C17H16N2O2. The van der Waals surface area contributed by atoms with Gasteiger partial charge in [0.1, 0.15) is 0 Å². The van der Waals surface area contributed by atoms with Crippen molar-refractivity contribution in [2.24, 2.45) is 0 Å². The number of amides is 1. The fraction of sp³-hybridized carbons (Fsp3) is 0.176. The second-order valence-electron chi connectivity index (χ2n) is 4.50. The minimum Gasteiger partial charge on any atom is -0.395 e. The minimum atomic E-state index is -0.185. The molecule has 21 heavy (non-hydrogen) atoms. The van der Waals surface area contributed by atoms with Gasteiger partial charge in [0.25, 0.3) is 5.91 Å². The SMILES string of the molecule is Cc1cnccc1NC(=O)c1cccc(C#CCCO)c1. The Morgan fingerprint density at radius 1 is 1.38 bits per heavy atom. The highest BCUT2D eigenvalue weighted by molar-refractivity contribution is 6.04. The quantitative estimate of drug-likeness (QED) is 0.849. The summed E-state index contributed by atoms with van der Waals surface area (Å²) in [4.78, 5) is 16.2. The predicted octanol–water partition coefficient (Wildman–Crippen LogP) is 2.38. The molecule has 1 aromatic carbocycles. The summed E-state index contributed by atoms with van der Waals surface area (Å²) in [5.41, 5.74) is 2.95. The number of benzene rings is 1. The van der Waals surface area contributed by atoms with Crippen molar-refractivity contribution in [3.63, 3.8) is 0 Å². The highest BCUT2D eigenvalue weighted by Crippen LogP contribution is 2.14. The summed E-state index contributed by atoms with van der Waals surface area (Å²) >= 11 is 0. The second-order valence-corrected chi connectivity index (χ2v) is 4.50. The lowest BCUT2D eigenvalue weighted by atomic mass is 10.1. The molecule has 0 unspecified atom stereocenters. The summed E-state index contributed by atoms with van der Waals surface area (Å²) in [6.45, 7) is 1.92. The number of hydrogen-bond acceptors (Lipinski definition) is 3. The third kappa shape index (κ3) is 4.16. The number of anilines is 1. The molecule has 0 atom stereocenters. The van der Waals surface area contributed by atoms with Gasteiger partial charge in [-0.3, -0.25) is 9.78 Å². The lowest BCUT2D eigenvalue weighted by Gasteiger charge is -2.07. The molecule has 0 radical (unpaired) electrons. The van der Waals surface area contributed by atoms with Crippen molar-refractivity contribution in [1.82, 2.24) is 4.98 Å². The number of carbonyl (C=O) groups is 1. The Balaban J connectivity index is 2.15. The Kier molecular flexibility index (Phi) is 5.08. The van der Waals surface area contributed by atoms with E-state index in [0.717, 1.165) is 16.8 Å². The maximum atomic E-state index is 12.2. The van der Waals surface area contributed by atoms with Crippen LogP contribution in [0.15, 0.2) is 42.7 Å². The molecular weight excluding hydrogens is 264 g/mol. The largest absolute Gasteiger partial charge is 0.395 e. The Bertz CT molecular complexity index is 699. The Morgan fingerprint density at radius 3 is 3.00 bits per heavy atom. The molecule has 2 N–H and O–H groups in total. The smallest absolute Gasteiger partial charge is 0.255 e. The maximum absolute atomic E-state index is 12.2. The van der Waals surface area contributed by atoms with Crippen LogP contribution >= 0.6 is 0 Å². The van der Waals surface area contributed by atoms with Crippen LogP contribution in [0.2, 0.25) is 0 Å². The maximum Gasteiger partial charge on any atom is 0.255 e. The topological polar surface area (TPSA) is 62.2 Å². The molecule has 0 bridgehead atoms. The summed E-state index contributed by atoms with van der Waals surface area (Å²) < 4.78 is 0. The van der Waals surface area contributed by atoms with Gasteiger partial charge in [-0.25, -0.2) is 0 Å². The molecule has 1 heterocycles. The zero-order valence-electron chi connectivity index (χ0n) is 11.8. The number of carbonyl (C=O) groups excluding carboxylic acids is 1. The average Bonchev–Trinajstić information content (AvgIpc) is 2.50. The van der Waals surface area contributed by atoms with Gasteiger partial charge in [0, 0.05) is 35.6 Å². The van der Waals surface area contributed by atoms with Gasteiger partial charge >= 0.3 is 0 Å². The van der Waals surface area contributed by atoms with E-state index in [1.807, 2.05) is 13.0 Å². The molecule has 0 spiro atoms. The van der Waals surface area contributed by atoms with Crippen molar-refractivity contribution >= 4 is 11.6 Å². The lowest BCUT2D eigenvalue weighted by Crippen LogP contribution is -2.12. The molecule has 106 valence electrons. The van der Waals surface area contributed by atoms with Gasteiger partial charge in [0.15, 0.2) is 0 Å². The summed E-state index contributed by atoms with van der Waals surface area (Å²) in [7, 11) is 0. The molecule has 0 saturated heterocycles. The van der Waals surface area contributed by atoms with Crippen LogP contribution in [-0.4, -0.2) is 22.6 Å². The summed E-state index contributed by atoms with van der Waals surface area (Å²) in [6, 6.07) is 8.85. The van der Waals surface area contributed by atoms with Crippen LogP contribution in [0.25, 0.3) is 0 Å². The number of nitrogens with one attached hydrogen (secondary N) is 1. The second kappa shape index (κ2) is 7.22. The van der Waals surface area contributed by atoms with E-state index in [4.69, 9.17) is 5.11 Å². The van der Waals surface area contributed by atoms with Crippen molar-refractivity contribution < 1.29 is 9.90 Å². The van der Waals surface area contributed by atoms with Gasteiger partial charge in [-0.2, -0.15) is 0 Å². The first-order chi connectivity index (χ1) is 10.2. The van der Waals surface area contributed by atoms with E-state index in [1.165, 1.54) is 0 Å². The van der Waals surface area contributed by atoms with E-state index in [9.17, 15) is 4.79 Å². The first-order valence-corrected chi connectivity index (χ1v) is 6.62. The molecule has 4 heteroatoms. The molecule has 1 aromatic heterocycles.